The highest BCUT2D eigenvalue weighted by molar-refractivity contribution is 5.45. The third-order valence-electron chi connectivity index (χ3n) is 3.67. The molecule has 0 aliphatic carbocycles. The maximum atomic E-state index is 6.11. The molecule has 2 heteroatoms. The average molecular weight is 248 g/mol. The lowest BCUT2D eigenvalue weighted by Crippen LogP contribution is -2.35. The fourth-order valence-electron chi connectivity index (χ4n) is 1.83. The van der Waals surface area contributed by atoms with Crippen LogP contribution in [0.2, 0.25) is 0 Å². The van der Waals surface area contributed by atoms with Crippen molar-refractivity contribution in [3.05, 3.63) is 29.8 Å². The summed E-state index contributed by atoms with van der Waals surface area (Å²) in [6, 6.07) is 8.89. The first-order chi connectivity index (χ1) is 8.34. The van der Waals surface area contributed by atoms with Gasteiger partial charge in [-0.05, 0) is 29.0 Å². The number of hydrogen-bond donors (Lipinski definition) is 2. The van der Waals surface area contributed by atoms with E-state index < -0.39 is 0 Å². The van der Waals surface area contributed by atoms with Crippen LogP contribution in [0.15, 0.2) is 24.3 Å². The first kappa shape index (κ1) is 15.0. The predicted octanol–water partition coefficient (Wildman–Crippen LogP) is 3.77. The van der Waals surface area contributed by atoms with Gasteiger partial charge in [0, 0.05) is 18.3 Å². The Morgan fingerprint density at radius 1 is 1.17 bits per heavy atom. The minimum atomic E-state index is 0.214. The van der Waals surface area contributed by atoms with Crippen LogP contribution in [0.1, 0.15) is 46.6 Å². The molecule has 0 bridgehead atoms. The van der Waals surface area contributed by atoms with E-state index in [9.17, 15) is 0 Å². The minimum Gasteiger partial charge on any atom is -0.383 e. The van der Waals surface area contributed by atoms with Crippen LogP contribution in [0.4, 0.5) is 5.69 Å². The average Bonchev–Trinajstić information content (AvgIpc) is 2.34. The van der Waals surface area contributed by atoms with Crippen molar-refractivity contribution < 1.29 is 0 Å². The van der Waals surface area contributed by atoms with Crippen molar-refractivity contribution >= 4 is 5.69 Å². The van der Waals surface area contributed by atoms with E-state index in [4.69, 9.17) is 5.73 Å². The van der Waals surface area contributed by atoms with Gasteiger partial charge in [-0.1, -0.05) is 53.2 Å². The number of hydrogen-bond acceptors (Lipinski definition) is 2. The summed E-state index contributed by atoms with van der Waals surface area (Å²) in [6.07, 6.45) is 1.13. The van der Waals surface area contributed by atoms with Gasteiger partial charge in [0.25, 0.3) is 0 Å². The fraction of sp³-hybridized carbons (Fsp3) is 0.625. The van der Waals surface area contributed by atoms with Gasteiger partial charge in [-0.3, -0.25) is 0 Å². The van der Waals surface area contributed by atoms with E-state index in [0.717, 1.165) is 18.7 Å². The molecule has 102 valence electrons. The summed E-state index contributed by atoms with van der Waals surface area (Å²) in [4.78, 5) is 0. The van der Waals surface area contributed by atoms with Crippen LogP contribution >= 0.6 is 0 Å². The Morgan fingerprint density at radius 3 is 2.17 bits per heavy atom. The molecule has 0 saturated carbocycles. The number of anilines is 1. The van der Waals surface area contributed by atoms with Crippen molar-refractivity contribution in [1.29, 1.82) is 0 Å². The van der Waals surface area contributed by atoms with Crippen LogP contribution < -0.4 is 11.1 Å². The number of nitrogens with two attached hydrogens (primary N) is 1. The summed E-state index contributed by atoms with van der Waals surface area (Å²) in [5.74, 6) is 0.561. The fourth-order valence-corrected chi connectivity index (χ4v) is 1.83. The SMILES string of the molecule is CC[C@H](C)[C@H](N)CNc1ccc(C(C)(C)C)cc1. The lowest BCUT2D eigenvalue weighted by atomic mass is 9.87. The quantitative estimate of drug-likeness (QED) is 0.832. The van der Waals surface area contributed by atoms with Crippen LogP contribution in [-0.2, 0) is 5.41 Å². The molecule has 1 aromatic carbocycles. The molecule has 0 saturated heterocycles. The second kappa shape index (κ2) is 6.24. The van der Waals surface area contributed by atoms with Crippen molar-refractivity contribution in [2.45, 2.75) is 52.5 Å². The maximum Gasteiger partial charge on any atom is 0.0340 e. The van der Waals surface area contributed by atoms with Crippen molar-refractivity contribution in [2.24, 2.45) is 11.7 Å². The van der Waals surface area contributed by atoms with E-state index in [0.29, 0.717) is 5.92 Å². The van der Waals surface area contributed by atoms with Gasteiger partial charge in [0.05, 0.1) is 0 Å². The Balaban J connectivity index is 2.54. The maximum absolute atomic E-state index is 6.11. The largest absolute Gasteiger partial charge is 0.383 e. The Labute approximate surface area is 112 Å². The van der Waals surface area contributed by atoms with E-state index in [2.05, 4.69) is 64.2 Å². The van der Waals surface area contributed by atoms with Gasteiger partial charge in [0.1, 0.15) is 0 Å². The highest BCUT2D eigenvalue weighted by Gasteiger charge is 2.13. The molecule has 2 atom stereocenters. The van der Waals surface area contributed by atoms with Gasteiger partial charge in [-0.2, -0.15) is 0 Å². The number of rotatable bonds is 5. The molecule has 0 amide bonds. The molecular weight excluding hydrogens is 220 g/mol. The van der Waals surface area contributed by atoms with E-state index >= 15 is 0 Å². The van der Waals surface area contributed by atoms with Gasteiger partial charge < -0.3 is 11.1 Å². The lowest BCUT2D eigenvalue weighted by molar-refractivity contribution is 0.457. The molecule has 18 heavy (non-hydrogen) atoms. The predicted molar refractivity (Wildman–Crippen MR) is 81.1 cm³/mol. The zero-order valence-electron chi connectivity index (χ0n) is 12.5. The summed E-state index contributed by atoms with van der Waals surface area (Å²) in [7, 11) is 0. The lowest BCUT2D eigenvalue weighted by Gasteiger charge is -2.21. The monoisotopic (exact) mass is 248 g/mol. The molecule has 0 aliphatic heterocycles. The van der Waals surface area contributed by atoms with Crippen LogP contribution in [0.3, 0.4) is 0 Å². The van der Waals surface area contributed by atoms with E-state index in [1.807, 2.05) is 0 Å². The van der Waals surface area contributed by atoms with Gasteiger partial charge in [-0.25, -0.2) is 0 Å². The number of nitrogens with one attached hydrogen (secondary N) is 1. The summed E-state index contributed by atoms with van der Waals surface area (Å²) in [6.45, 7) is 11.9. The molecule has 0 fully saturated rings. The highest BCUT2D eigenvalue weighted by atomic mass is 14.9. The van der Waals surface area contributed by atoms with Crippen molar-refractivity contribution in [2.75, 3.05) is 11.9 Å². The highest BCUT2D eigenvalue weighted by Crippen LogP contribution is 2.23. The normalized spacial score (nSPS) is 15.2. The summed E-state index contributed by atoms with van der Waals surface area (Å²) in [5, 5.41) is 3.41. The van der Waals surface area contributed by atoms with Gasteiger partial charge in [0.2, 0.25) is 0 Å². The summed E-state index contributed by atoms with van der Waals surface area (Å²) >= 11 is 0. The first-order valence-corrected chi connectivity index (χ1v) is 6.94. The van der Waals surface area contributed by atoms with Crippen molar-refractivity contribution in [3.8, 4) is 0 Å². The molecule has 0 unspecified atom stereocenters. The van der Waals surface area contributed by atoms with Crippen LogP contribution in [0, 0.1) is 5.92 Å². The van der Waals surface area contributed by atoms with Gasteiger partial charge >= 0.3 is 0 Å². The molecule has 1 aromatic rings. The molecule has 0 aromatic heterocycles. The summed E-state index contributed by atoms with van der Waals surface area (Å²) < 4.78 is 0. The topological polar surface area (TPSA) is 38.0 Å². The van der Waals surface area contributed by atoms with Crippen molar-refractivity contribution in [1.82, 2.24) is 0 Å². The van der Waals surface area contributed by atoms with Gasteiger partial charge in [-0.15, -0.1) is 0 Å². The Hall–Kier alpha value is -1.02. The van der Waals surface area contributed by atoms with Crippen LogP contribution in [0.25, 0.3) is 0 Å². The minimum absolute atomic E-state index is 0.214. The molecule has 1 rings (SSSR count). The summed E-state index contributed by atoms with van der Waals surface area (Å²) in [5.41, 5.74) is 8.84. The standard InChI is InChI=1S/C16H28N2/c1-6-12(2)15(17)11-18-14-9-7-13(8-10-14)16(3,4)5/h7-10,12,15,18H,6,11,17H2,1-5H3/t12-,15+/m0/s1. The van der Waals surface area contributed by atoms with Crippen LogP contribution in [0.5, 0.6) is 0 Å². The molecule has 0 aliphatic rings. The Bertz CT molecular complexity index is 348. The van der Waals surface area contributed by atoms with Crippen LogP contribution in [-0.4, -0.2) is 12.6 Å². The molecule has 0 spiro atoms. The van der Waals surface area contributed by atoms with Crippen molar-refractivity contribution in [3.63, 3.8) is 0 Å². The molecule has 3 N–H and O–H groups in total. The Kier molecular flexibility index (Phi) is 5.21. The van der Waals surface area contributed by atoms with Gasteiger partial charge in [0.15, 0.2) is 0 Å². The smallest absolute Gasteiger partial charge is 0.0340 e. The molecule has 0 heterocycles. The second-order valence-electron chi connectivity index (χ2n) is 6.26. The molecular formula is C16H28N2. The third-order valence-corrected chi connectivity index (χ3v) is 3.67. The zero-order chi connectivity index (χ0) is 13.8. The Morgan fingerprint density at radius 2 is 1.72 bits per heavy atom. The number of benzene rings is 1. The third kappa shape index (κ3) is 4.34. The second-order valence-corrected chi connectivity index (χ2v) is 6.26. The zero-order valence-corrected chi connectivity index (χ0v) is 12.5. The molecule has 0 radical (unpaired) electrons. The van der Waals surface area contributed by atoms with E-state index in [-0.39, 0.29) is 11.5 Å². The van der Waals surface area contributed by atoms with E-state index in [1.54, 1.807) is 0 Å². The first-order valence-electron chi connectivity index (χ1n) is 6.94. The molecule has 2 nitrogen and oxygen atoms in total. The van der Waals surface area contributed by atoms with E-state index in [1.165, 1.54) is 5.56 Å².